The minimum Gasteiger partial charge on any atom is -0.534 e. The number of nitrogens with one attached hydrogen (secondary N) is 1. The van der Waals surface area contributed by atoms with Gasteiger partial charge in [0.1, 0.15) is 12.3 Å². The van der Waals surface area contributed by atoms with Crippen LogP contribution in [0.25, 0.3) is 0 Å². The zero-order valence-electron chi connectivity index (χ0n) is 12.5. The van der Waals surface area contributed by atoms with E-state index < -0.39 is 19.0 Å². The highest BCUT2D eigenvalue weighted by Gasteiger charge is 2.37. The van der Waals surface area contributed by atoms with Crippen LogP contribution in [-0.4, -0.2) is 44.8 Å². The number of rotatable bonds is 4. The number of benzene rings is 1. The predicted octanol–water partition coefficient (Wildman–Crippen LogP) is -0.697. The Morgan fingerprint density at radius 2 is 2.29 bits per heavy atom. The Morgan fingerprint density at radius 1 is 1.50 bits per heavy atom. The van der Waals surface area contributed by atoms with Crippen LogP contribution in [-0.2, 0) is 17.8 Å². The second-order valence-electron chi connectivity index (χ2n) is 5.46. The Kier molecular flexibility index (Phi) is 4.13. The summed E-state index contributed by atoms with van der Waals surface area (Å²) in [5.74, 6) is -2.08. The number of carboxylic acids is 1. The highest BCUT2D eigenvalue weighted by molar-refractivity contribution is 6.47. The van der Waals surface area contributed by atoms with Gasteiger partial charge in [-0.15, -0.1) is 0 Å². The zero-order chi connectivity index (χ0) is 17.3. The molecule has 1 aromatic carbocycles. The third-order valence-electron chi connectivity index (χ3n) is 3.65. The van der Waals surface area contributed by atoms with E-state index in [9.17, 15) is 14.6 Å². The van der Waals surface area contributed by atoms with Crippen LogP contribution >= 0.6 is 0 Å². The molecule has 2 heterocycles. The number of carbonyl (C=O) groups is 2. The molecule has 1 amide bonds. The fraction of sp³-hybridized carbons (Fsp3) is 0.214. The van der Waals surface area contributed by atoms with Gasteiger partial charge in [-0.2, -0.15) is 5.10 Å². The third kappa shape index (κ3) is 3.18. The van der Waals surface area contributed by atoms with Crippen LogP contribution in [0.3, 0.4) is 0 Å². The van der Waals surface area contributed by atoms with E-state index in [1.807, 2.05) is 0 Å². The number of aromatic carboxylic acids is 1. The van der Waals surface area contributed by atoms with Crippen molar-refractivity contribution in [3.8, 4) is 5.75 Å². The van der Waals surface area contributed by atoms with Gasteiger partial charge in [-0.1, -0.05) is 12.1 Å². The van der Waals surface area contributed by atoms with Gasteiger partial charge in [0.2, 0.25) is 5.91 Å². The summed E-state index contributed by atoms with van der Waals surface area (Å²) in [7, 11) is -1.34. The maximum Gasteiger partial charge on any atom is 0.547 e. The largest absolute Gasteiger partial charge is 0.547 e. The maximum absolute atomic E-state index is 12.0. The lowest BCUT2D eigenvalue weighted by molar-refractivity contribution is -0.122. The summed E-state index contributed by atoms with van der Waals surface area (Å²) in [5.41, 5.74) is 6.55. The van der Waals surface area contributed by atoms with Crippen LogP contribution in [0.4, 0.5) is 5.69 Å². The van der Waals surface area contributed by atoms with Gasteiger partial charge in [0.15, 0.2) is 0 Å². The monoisotopic (exact) mass is 330 g/mol. The lowest BCUT2D eigenvalue weighted by Crippen LogP contribution is -2.53. The minimum atomic E-state index is -1.34. The van der Waals surface area contributed by atoms with E-state index in [0.29, 0.717) is 11.3 Å². The van der Waals surface area contributed by atoms with E-state index in [1.165, 1.54) is 23.1 Å². The van der Waals surface area contributed by atoms with Crippen molar-refractivity contribution in [1.29, 1.82) is 0 Å². The van der Waals surface area contributed by atoms with Crippen LogP contribution in [0.2, 0.25) is 0 Å². The number of carbonyl (C=O) groups excluding carboxylic acids is 1. The van der Waals surface area contributed by atoms with E-state index in [0.717, 1.165) is 0 Å². The number of carboxylic acid groups (broad SMARTS) is 1. The lowest BCUT2D eigenvalue weighted by atomic mass is 9.72. The molecule has 1 aromatic heterocycles. The number of amides is 1. The Morgan fingerprint density at radius 3 is 2.96 bits per heavy atom. The van der Waals surface area contributed by atoms with Crippen LogP contribution in [0.15, 0.2) is 30.6 Å². The predicted molar refractivity (Wildman–Crippen MR) is 84.3 cm³/mol. The average Bonchev–Trinajstić information content (AvgIpc) is 2.92. The standard InChI is InChI=1S/C14H15BN4O5/c16-9-5-17-19(6-9)7-12(20)18-11-4-8-2-1-3-10(14(21)22)13(8)24-15(11)23/h1-3,5-6,11,23H,4,7,16H2,(H,18,20)(H,21,22)/t11-/m0/s1. The summed E-state index contributed by atoms with van der Waals surface area (Å²) in [6.07, 6.45) is 3.20. The van der Waals surface area contributed by atoms with Crippen molar-refractivity contribution in [2.75, 3.05) is 5.73 Å². The number of nitrogens with zero attached hydrogens (tertiary/aromatic N) is 2. The number of fused-ring (bicyclic) bond motifs is 1. The van der Waals surface area contributed by atoms with Crippen molar-refractivity contribution in [1.82, 2.24) is 15.1 Å². The molecule has 24 heavy (non-hydrogen) atoms. The van der Waals surface area contributed by atoms with E-state index >= 15 is 0 Å². The van der Waals surface area contributed by atoms with Crippen molar-refractivity contribution in [2.45, 2.75) is 18.9 Å². The van der Waals surface area contributed by atoms with E-state index in [4.69, 9.17) is 15.5 Å². The fourth-order valence-corrected chi connectivity index (χ4v) is 2.58. The SMILES string of the molecule is Nc1cnn(CC(=O)N[C@H]2Cc3cccc(C(=O)O)c3OB2O)c1. The average molecular weight is 330 g/mol. The summed E-state index contributed by atoms with van der Waals surface area (Å²) < 4.78 is 6.68. The Hall–Kier alpha value is -3.01. The van der Waals surface area contributed by atoms with Crippen LogP contribution in [0.1, 0.15) is 15.9 Å². The van der Waals surface area contributed by atoms with Gasteiger partial charge in [0, 0.05) is 6.20 Å². The number of nitrogens with two attached hydrogens (primary N) is 1. The second-order valence-corrected chi connectivity index (χ2v) is 5.46. The zero-order valence-corrected chi connectivity index (χ0v) is 12.5. The quantitative estimate of drug-likeness (QED) is 0.544. The molecule has 1 aliphatic rings. The Labute approximate surface area is 137 Å². The number of para-hydroxylation sites is 1. The Bertz CT molecular complexity index is 793. The molecule has 1 atom stereocenters. The summed E-state index contributed by atoms with van der Waals surface area (Å²) in [5, 5.41) is 25.8. The van der Waals surface area contributed by atoms with E-state index in [-0.39, 0.29) is 30.2 Å². The topological polar surface area (TPSA) is 140 Å². The molecule has 10 heteroatoms. The number of nitrogen functional groups attached to an aromatic ring is 1. The summed E-state index contributed by atoms with van der Waals surface area (Å²) in [6, 6.07) is 4.69. The molecule has 2 aromatic rings. The summed E-state index contributed by atoms with van der Waals surface area (Å²) >= 11 is 0. The molecular weight excluding hydrogens is 315 g/mol. The molecule has 5 N–H and O–H groups in total. The highest BCUT2D eigenvalue weighted by Crippen LogP contribution is 2.30. The number of hydrogen-bond donors (Lipinski definition) is 4. The van der Waals surface area contributed by atoms with Gasteiger partial charge in [0.05, 0.1) is 23.4 Å². The number of hydrogen-bond acceptors (Lipinski definition) is 6. The van der Waals surface area contributed by atoms with Crippen LogP contribution < -0.4 is 15.7 Å². The molecule has 0 radical (unpaired) electrons. The molecule has 0 saturated heterocycles. The first-order valence-electron chi connectivity index (χ1n) is 7.21. The van der Waals surface area contributed by atoms with Crippen molar-refractivity contribution in [3.63, 3.8) is 0 Å². The molecule has 0 saturated carbocycles. The van der Waals surface area contributed by atoms with Crippen LogP contribution in [0.5, 0.6) is 5.75 Å². The molecule has 1 aliphatic heterocycles. The van der Waals surface area contributed by atoms with E-state index in [2.05, 4.69) is 10.4 Å². The van der Waals surface area contributed by atoms with Gasteiger partial charge >= 0.3 is 13.1 Å². The molecule has 0 unspecified atom stereocenters. The van der Waals surface area contributed by atoms with Crippen molar-refractivity contribution in [2.24, 2.45) is 0 Å². The molecule has 9 nitrogen and oxygen atoms in total. The third-order valence-corrected chi connectivity index (χ3v) is 3.65. The summed E-state index contributed by atoms with van der Waals surface area (Å²) in [4.78, 5) is 23.2. The molecule has 0 spiro atoms. The second kappa shape index (κ2) is 6.24. The molecule has 124 valence electrons. The minimum absolute atomic E-state index is 0.0247. The fourth-order valence-electron chi connectivity index (χ4n) is 2.58. The van der Waals surface area contributed by atoms with Gasteiger partial charge in [0.25, 0.3) is 0 Å². The van der Waals surface area contributed by atoms with Crippen molar-refractivity contribution in [3.05, 3.63) is 41.7 Å². The van der Waals surface area contributed by atoms with Gasteiger partial charge in [-0.25, -0.2) is 4.79 Å². The van der Waals surface area contributed by atoms with E-state index in [1.54, 1.807) is 12.1 Å². The smallest absolute Gasteiger partial charge is 0.534 e. The maximum atomic E-state index is 12.0. The van der Waals surface area contributed by atoms with Gasteiger partial charge < -0.3 is 25.8 Å². The lowest BCUT2D eigenvalue weighted by Gasteiger charge is -2.28. The number of anilines is 1. The first-order valence-corrected chi connectivity index (χ1v) is 7.21. The first-order chi connectivity index (χ1) is 11.4. The highest BCUT2D eigenvalue weighted by atomic mass is 16.5. The number of aromatic nitrogens is 2. The molecule has 0 bridgehead atoms. The normalized spacial score (nSPS) is 16.2. The Balaban J connectivity index is 1.71. The van der Waals surface area contributed by atoms with Gasteiger partial charge in [-0.05, 0) is 18.1 Å². The van der Waals surface area contributed by atoms with Gasteiger partial charge in [-0.3, -0.25) is 9.48 Å². The molecule has 0 fully saturated rings. The summed E-state index contributed by atoms with van der Waals surface area (Å²) in [6.45, 7) is -0.0531. The molecule has 0 aliphatic carbocycles. The van der Waals surface area contributed by atoms with Crippen molar-refractivity contribution < 1.29 is 24.4 Å². The van der Waals surface area contributed by atoms with Crippen LogP contribution in [0, 0.1) is 0 Å². The molecular formula is C14H15BN4O5. The van der Waals surface area contributed by atoms with Crippen molar-refractivity contribution >= 4 is 24.7 Å². The first kappa shape index (κ1) is 15.9. The molecule has 3 rings (SSSR count).